The van der Waals surface area contributed by atoms with Crippen LogP contribution in [0.3, 0.4) is 0 Å². The molecule has 3 rings (SSSR count). The fourth-order valence-corrected chi connectivity index (χ4v) is 3.21. The van der Waals surface area contributed by atoms with Gasteiger partial charge in [0.25, 0.3) is 5.91 Å². The van der Waals surface area contributed by atoms with Crippen molar-refractivity contribution in [3.63, 3.8) is 0 Å². The highest BCUT2D eigenvalue weighted by molar-refractivity contribution is 6.01. The zero-order valence-corrected chi connectivity index (χ0v) is 18.6. The number of methoxy groups -OCH3 is 1. The second kappa shape index (κ2) is 10.7. The van der Waals surface area contributed by atoms with Gasteiger partial charge in [0.1, 0.15) is 5.75 Å². The van der Waals surface area contributed by atoms with Crippen molar-refractivity contribution < 1.29 is 23.9 Å². The van der Waals surface area contributed by atoms with Gasteiger partial charge in [0.05, 0.1) is 18.4 Å². The number of carbonyl (C=O) groups excluding carboxylic acids is 3. The number of esters is 1. The van der Waals surface area contributed by atoms with Crippen molar-refractivity contribution in [3.8, 4) is 5.75 Å². The monoisotopic (exact) mass is 439 g/mol. The Morgan fingerprint density at radius 1 is 1.06 bits per heavy atom. The molecule has 0 bridgehead atoms. The summed E-state index contributed by atoms with van der Waals surface area (Å²) in [5.74, 6) is -0.167. The maximum Gasteiger partial charge on any atom is 0.340 e. The van der Waals surface area contributed by atoms with Crippen LogP contribution in [0.25, 0.3) is 0 Å². The molecule has 0 saturated heterocycles. The molecule has 2 N–H and O–H groups in total. The van der Waals surface area contributed by atoms with Crippen LogP contribution in [0.15, 0.2) is 48.5 Å². The lowest BCUT2D eigenvalue weighted by Gasteiger charge is -2.22. The molecule has 1 aliphatic rings. The van der Waals surface area contributed by atoms with E-state index >= 15 is 0 Å². The van der Waals surface area contributed by atoms with E-state index in [9.17, 15) is 14.4 Å². The molecule has 0 spiro atoms. The normalized spacial score (nSPS) is 12.8. The van der Waals surface area contributed by atoms with Crippen LogP contribution in [0, 0.1) is 0 Å². The lowest BCUT2D eigenvalue weighted by Crippen LogP contribution is -2.36. The molecule has 1 fully saturated rings. The van der Waals surface area contributed by atoms with Gasteiger partial charge < -0.3 is 25.0 Å². The Kier molecular flexibility index (Phi) is 7.70. The first-order valence-electron chi connectivity index (χ1n) is 10.6. The number of anilines is 1. The largest absolute Gasteiger partial charge is 0.497 e. The van der Waals surface area contributed by atoms with E-state index in [4.69, 9.17) is 9.47 Å². The van der Waals surface area contributed by atoms with Gasteiger partial charge in [-0.05, 0) is 56.5 Å². The van der Waals surface area contributed by atoms with Crippen molar-refractivity contribution >= 4 is 23.6 Å². The van der Waals surface area contributed by atoms with Gasteiger partial charge in [-0.1, -0.05) is 24.3 Å². The van der Waals surface area contributed by atoms with Crippen molar-refractivity contribution in [2.45, 2.75) is 45.3 Å². The highest BCUT2D eigenvalue weighted by Gasteiger charge is 2.33. The third kappa shape index (κ3) is 6.47. The highest BCUT2D eigenvalue weighted by Crippen LogP contribution is 2.29. The van der Waals surface area contributed by atoms with E-state index in [0.717, 1.165) is 24.2 Å². The minimum absolute atomic E-state index is 0.0501. The lowest BCUT2D eigenvalue weighted by molar-refractivity contribution is -0.135. The van der Waals surface area contributed by atoms with Gasteiger partial charge in [0.15, 0.2) is 6.61 Å². The zero-order chi connectivity index (χ0) is 23.1. The first-order chi connectivity index (χ1) is 15.4. The third-order valence-electron chi connectivity index (χ3n) is 4.96. The molecule has 0 atom stereocenters. The number of ether oxygens (including phenoxy) is 2. The second-order valence-electron chi connectivity index (χ2n) is 7.98. The van der Waals surface area contributed by atoms with Crippen molar-refractivity contribution in [1.29, 1.82) is 0 Å². The van der Waals surface area contributed by atoms with Crippen LogP contribution in [0.1, 0.15) is 42.6 Å². The molecule has 8 heteroatoms. The lowest BCUT2D eigenvalue weighted by atomic mass is 10.2. The summed E-state index contributed by atoms with van der Waals surface area (Å²) in [6, 6.07) is 13.8. The highest BCUT2D eigenvalue weighted by atomic mass is 16.5. The predicted molar refractivity (Wildman–Crippen MR) is 121 cm³/mol. The summed E-state index contributed by atoms with van der Waals surface area (Å²) in [5.41, 5.74) is 1.48. The maximum absolute atomic E-state index is 12.8. The van der Waals surface area contributed by atoms with Gasteiger partial charge >= 0.3 is 12.0 Å². The van der Waals surface area contributed by atoms with Gasteiger partial charge in [-0.25, -0.2) is 9.59 Å². The molecule has 0 unspecified atom stereocenters. The number of benzene rings is 2. The molecule has 32 heavy (non-hydrogen) atoms. The van der Waals surface area contributed by atoms with Gasteiger partial charge in [-0.2, -0.15) is 0 Å². The summed E-state index contributed by atoms with van der Waals surface area (Å²) in [5, 5.41) is 5.35. The molecule has 1 saturated carbocycles. The number of para-hydroxylation sites is 1. The van der Waals surface area contributed by atoms with Crippen molar-refractivity contribution in [2.24, 2.45) is 0 Å². The van der Waals surface area contributed by atoms with E-state index in [2.05, 4.69) is 10.6 Å². The number of hydrogen-bond acceptors (Lipinski definition) is 5. The van der Waals surface area contributed by atoms with Crippen LogP contribution in [0.2, 0.25) is 0 Å². The van der Waals surface area contributed by atoms with Crippen LogP contribution >= 0.6 is 0 Å². The molecule has 3 amide bonds. The summed E-state index contributed by atoms with van der Waals surface area (Å²) >= 11 is 0. The number of carbonyl (C=O) groups is 3. The minimum atomic E-state index is -0.668. The fraction of sp³-hybridized carbons (Fsp3) is 0.375. The number of rotatable bonds is 9. The molecule has 2 aromatic rings. The molecular formula is C24H29N3O5. The molecule has 8 nitrogen and oxygen atoms in total. The summed E-state index contributed by atoms with van der Waals surface area (Å²) in [6.45, 7) is 3.75. The topological polar surface area (TPSA) is 97.0 Å². The molecule has 2 aromatic carbocycles. The number of hydrogen-bond donors (Lipinski definition) is 2. The van der Waals surface area contributed by atoms with Crippen molar-refractivity contribution in [3.05, 3.63) is 59.7 Å². The summed E-state index contributed by atoms with van der Waals surface area (Å²) in [6.07, 6.45) is 1.88. The van der Waals surface area contributed by atoms with Crippen molar-refractivity contribution in [1.82, 2.24) is 10.2 Å². The Balaban J connectivity index is 1.60. The first-order valence-corrected chi connectivity index (χ1v) is 10.6. The van der Waals surface area contributed by atoms with Gasteiger partial charge in [0.2, 0.25) is 0 Å². The minimum Gasteiger partial charge on any atom is -0.497 e. The Morgan fingerprint density at radius 2 is 1.75 bits per heavy atom. The average Bonchev–Trinajstić information content (AvgIpc) is 3.61. The molecule has 0 aliphatic heterocycles. The van der Waals surface area contributed by atoms with Crippen LogP contribution in [-0.2, 0) is 16.1 Å². The van der Waals surface area contributed by atoms with E-state index in [1.165, 1.54) is 0 Å². The molecular weight excluding hydrogens is 410 g/mol. The number of amides is 3. The number of nitrogens with one attached hydrogen (secondary N) is 2. The van der Waals surface area contributed by atoms with E-state index in [-0.39, 0.29) is 30.2 Å². The van der Waals surface area contributed by atoms with E-state index < -0.39 is 12.0 Å². The standard InChI is InChI=1S/C24H29N3O5/c1-16(2)25-24(30)26-21-7-5-4-6-20(21)23(29)32-15-22(28)27(18-10-11-18)14-17-8-12-19(31-3)13-9-17/h4-9,12-13,16,18H,10-11,14-15H2,1-3H3,(H2,25,26,30). The third-order valence-corrected chi connectivity index (χ3v) is 4.96. The average molecular weight is 440 g/mol. The Hall–Kier alpha value is -3.55. The molecule has 0 aromatic heterocycles. The fourth-order valence-electron chi connectivity index (χ4n) is 3.21. The summed E-state index contributed by atoms with van der Waals surface area (Å²) in [7, 11) is 1.60. The van der Waals surface area contributed by atoms with E-state index in [0.29, 0.717) is 12.2 Å². The molecule has 0 radical (unpaired) electrons. The molecule has 1 aliphatic carbocycles. The van der Waals surface area contributed by atoms with Crippen LogP contribution in [0.4, 0.5) is 10.5 Å². The smallest absolute Gasteiger partial charge is 0.340 e. The number of urea groups is 1. The summed E-state index contributed by atoms with van der Waals surface area (Å²) < 4.78 is 10.5. The zero-order valence-electron chi connectivity index (χ0n) is 18.6. The van der Waals surface area contributed by atoms with Gasteiger partial charge in [-0.15, -0.1) is 0 Å². The SMILES string of the molecule is COc1ccc(CN(C(=O)COC(=O)c2ccccc2NC(=O)NC(C)C)C2CC2)cc1. The Morgan fingerprint density at radius 3 is 2.38 bits per heavy atom. The van der Waals surface area contributed by atoms with E-state index in [1.54, 1.807) is 36.3 Å². The van der Waals surface area contributed by atoms with Gasteiger partial charge in [0, 0.05) is 18.6 Å². The quantitative estimate of drug-likeness (QED) is 0.582. The second-order valence-corrected chi connectivity index (χ2v) is 7.98. The van der Waals surface area contributed by atoms with Crippen molar-refractivity contribution in [2.75, 3.05) is 19.0 Å². The molecule has 0 heterocycles. The van der Waals surface area contributed by atoms with Crippen LogP contribution < -0.4 is 15.4 Å². The first kappa shape index (κ1) is 23.1. The Labute approximate surface area is 187 Å². The van der Waals surface area contributed by atoms with E-state index in [1.807, 2.05) is 38.1 Å². The van der Waals surface area contributed by atoms with Crippen LogP contribution in [0.5, 0.6) is 5.75 Å². The summed E-state index contributed by atoms with van der Waals surface area (Å²) in [4.78, 5) is 39.2. The number of nitrogens with zero attached hydrogens (tertiary/aromatic N) is 1. The van der Waals surface area contributed by atoms with Gasteiger partial charge in [-0.3, -0.25) is 4.79 Å². The maximum atomic E-state index is 12.8. The Bertz CT molecular complexity index is 954. The predicted octanol–water partition coefficient (Wildman–Crippen LogP) is 3.57. The van der Waals surface area contributed by atoms with Crippen LogP contribution in [-0.4, -0.2) is 48.6 Å². The molecule has 170 valence electrons.